The van der Waals surface area contributed by atoms with Crippen molar-refractivity contribution < 1.29 is 32.0 Å². The Morgan fingerprint density at radius 3 is 2.30 bits per heavy atom. The third-order valence-electron chi connectivity index (χ3n) is 2.68. The summed E-state index contributed by atoms with van der Waals surface area (Å²) >= 11 is 0. The largest absolute Gasteiger partial charge is 0.544 e. The van der Waals surface area contributed by atoms with Gasteiger partial charge in [-0.1, -0.05) is 18.2 Å². The van der Waals surface area contributed by atoms with Gasteiger partial charge in [-0.25, -0.2) is 4.39 Å². The van der Waals surface area contributed by atoms with Crippen molar-refractivity contribution in [1.82, 2.24) is 0 Å². The van der Waals surface area contributed by atoms with Crippen LogP contribution in [0.4, 0.5) is 23.2 Å². The van der Waals surface area contributed by atoms with Gasteiger partial charge >= 0.3 is 6.36 Å². The highest BCUT2D eigenvalue weighted by Crippen LogP contribution is 2.28. The van der Waals surface area contributed by atoms with Gasteiger partial charge in [0, 0.05) is 11.1 Å². The Morgan fingerprint density at radius 1 is 1.09 bits per heavy atom. The van der Waals surface area contributed by atoms with Gasteiger partial charge in [0.1, 0.15) is 11.5 Å². The maximum atomic E-state index is 13.8. The van der Waals surface area contributed by atoms with E-state index in [4.69, 9.17) is 0 Å². The van der Waals surface area contributed by atoms with E-state index in [1.165, 1.54) is 30.6 Å². The van der Waals surface area contributed by atoms with Crippen LogP contribution in [0.3, 0.4) is 0 Å². The second-order valence-corrected chi connectivity index (χ2v) is 4.27. The maximum absolute atomic E-state index is 13.8. The van der Waals surface area contributed by atoms with E-state index in [-0.39, 0.29) is 16.2 Å². The molecule has 0 aromatic heterocycles. The standard InChI is InChI=1S/C15H8F4NO3/c16-12-7-6-10(9-21)8-13(12)20(23-15(17,18)19)14(22)11-4-2-1-3-5-11/h1-8H. The number of carbonyl (C=O) groups excluding carboxylic acids is 2. The lowest BCUT2D eigenvalue weighted by Gasteiger charge is -2.23. The zero-order valence-corrected chi connectivity index (χ0v) is 11.3. The summed E-state index contributed by atoms with van der Waals surface area (Å²) in [5, 5.41) is -0.245. The molecule has 119 valence electrons. The van der Waals surface area contributed by atoms with Crippen molar-refractivity contribution >= 4 is 17.9 Å². The summed E-state index contributed by atoms with van der Waals surface area (Å²) < 4.78 is 51.5. The Hall–Kier alpha value is -2.74. The molecule has 0 aliphatic heterocycles. The molecule has 0 N–H and O–H groups in total. The molecule has 0 aliphatic carbocycles. The quantitative estimate of drug-likeness (QED) is 0.639. The van der Waals surface area contributed by atoms with E-state index >= 15 is 0 Å². The van der Waals surface area contributed by atoms with Crippen molar-refractivity contribution in [2.75, 3.05) is 5.06 Å². The zero-order valence-electron chi connectivity index (χ0n) is 11.3. The summed E-state index contributed by atoms with van der Waals surface area (Å²) in [5.74, 6) is -2.41. The Kier molecular flexibility index (Phi) is 4.75. The Labute approximate surface area is 127 Å². The first-order valence-corrected chi connectivity index (χ1v) is 6.15. The van der Waals surface area contributed by atoms with Crippen LogP contribution in [0.5, 0.6) is 0 Å². The molecule has 0 spiro atoms. The minimum Gasteiger partial charge on any atom is -0.285 e. The smallest absolute Gasteiger partial charge is 0.285 e. The minimum atomic E-state index is -5.24. The third kappa shape index (κ3) is 4.13. The van der Waals surface area contributed by atoms with Gasteiger partial charge in [0.05, 0.1) is 0 Å². The van der Waals surface area contributed by atoms with Gasteiger partial charge in [-0.2, -0.15) is 9.90 Å². The fourth-order valence-corrected chi connectivity index (χ4v) is 1.73. The molecule has 2 aromatic rings. The number of hydroxylamine groups is 1. The lowest BCUT2D eigenvalue weighted by atomic mass is 10.1. The van der Waals surface area contributed by atoms with E-state index < -0.39 is 23.8 Å². The van der Waals surface area contributed by atoms with E-state index in [0.717, 1.165) is 18.2 Å². The van der Waals surface area contributed by atoms with Crippen molar-refractivity contribution in [3.05, 3.63) is 65.5 Å². The monoisotopic (exact) mass is 326 g/mol. The predicted molar refractivity (Wildman–Crippen MR) is 71.6 cm³/mol. The Balaban J connectivity index is 2.50. The molecule has 0 fully saturated rings. The average Bonchev–Trinajstić information content (AvgIpc) is 2.52. The molecule has 2 rings (SSSR count). The number of anilines is 1. The number of nitrogens with zero attached hydrogens (tertiary/aromatic N) is 1. The number of benzene rings is 2. The fourth-order valence-electron chi connectivity index (χ4n) is 1.73. The van der Waals surface area contributed by atoms with Crippen LogP contribution in [0.15, 0.2) is 48.5 Å². The number of halogens is 4. The molecule has 0 aliphatic rings. The summed E-state index contributed by atoms with van der Waals surface area (Å²) in [6.07, 6.45) is -3.84. The molecule has 0 saturated heterocycles. The SMILES string of the molecule is O=[C]c1ccc(F)c(N(OC(F)(F)F)C(=O)c2ccccc2)c1. The van der Waals surface area contributed by atoms with Crippen LogP contribution in [-0.4, -0.2) is 18.6 Å². The summed E-state index contributed by atoms with van der Waals surface area (Å²) in [6.45, 7) is 0. The van der Waals surface area contributed by atoms with E-state index in [9.17, 15) is 27.2 Å². The van der Waals surface area contributed by atoms with Crippen LogP contribution in [0.1, 0.15) is 15.9 Å². The molecule has 8 heteroatoms. The molecule has 0 saturated carbocycles. The second-order valence-electron chi connectivity index (χ2n) is 4.27. The topological polar surface area (TPSA) is 46.6 Å². The zero-order chi connectivity index (χ0) is 17.0. The van der Waals surface area contributed by atoms with Gasteiger partial charge in [0.15, 0.2) is 0 Å². The second kappa shape index (κ2) is 6.57. The molecule has 1 radical (unpaired) electrons. The summed E-state index contributed by atoms with van der Waals surface area (Å²) in [5.41, 5.74) is -1.24. The number of hydrogen-bond donors (Lipinski definition) is 0. The van der Waals surface area contributed by atoms with Gasteiger partial charge < -0.3 is 0 Å². The highest BCUT2D eigenvalue weighted by molar-refractivity contribution is 6.05. The molecular formula is C15H8F4NO3. The van der Waals surface area contributed by atoms with Crippen molar-refractivity contribution in [1.29, 1.82) is 0 Å². The molecular weight excluding hydrogens is 318 g/mol. The number of alkyl halides is 3. The van der Waals surface area contributed by atoms with Gasteiger partial charge in [0.25, 0.3) is 5.91 Å². The highest BCUT2D eigenvalue weighted by Gasteiger charge is 2.37. The molecule has 4 nitrogen and oxygen atoms in total. The van der Waals surface area contributed by atoms with Gasteiger partial charge in [0.2, 0.25) is 6.29 Å². The number of amides is 1. The Bertz CT molecular complexity index is 716. The predicted octanol–water partition coefficient (Wildman–Crippen LogP) is 3.38. The lowest BCUT2D eigenvalue weighted by Crippen LogP contribution is -2.37. The first-order chi connectivity index (χ1) is 10.8. The molecule has 2 aromatic carbocycles. The van der Waals surface area contributed by atoms with Crippen LogP contribution in [0.2, 0.25) is 0 Å². The lowest BCUT2D eigenvalue weighted by molar-refractivity contribution is -0.325. The Morgan fingerprint density at radius 2 is 1.74 bits per heavy atom. The minimum absolute atomic E-state index is 0.156. The maximum Gasteiger partial charge on any atom is 0.544 e. The van der Waals surface area contributed by atoms with E-state index in [1.807, 2.05) is 0 Å². The van der Waals surface area contributed by atoms with Crippen molar-refractivity contribution in [3.63, 3.8) is 0 Å². The summed E-state index contributed by atoms with van der Waals surface area (Å²) in [7, 11) is 0. The van der Waals surface area contributed by atoms with Crippen LogP contribution in [0, 0.1) is 5.82 Å². The number of carbonyl (C=O) groups is 1. The molecule has 0 atom stereocenters. The number of hydrogen-bond acceptors (Lipinski definition) is 3. The first-order valence-electron chi connectivity index (χ1n) is 6.15. The van der Waals surface area contributed by atoms with E-state index in [1.54, 1.807) is 6.07 Å². The summed E-state index contributed by atoms with van der Waals surface area (Å²) in [4.78, 5) is 26.4. The first kappa shape index (κ1) is 16.6. The van der Waals surface area contributed by atoms with Gasteiger partial charge in [-0.15, -0.1) is 13.2 Å². The van der Waals surface area contributed by atoms with E-state index in [2.05, 4.69) is 4.84 Å². The van der Waals surface area contributed by atoms with Crippen molar-refractivity contribution in [2.45, 2.75) is 6.36 Å². The third-order valence-corrected chi connectivity index (χ3v) is 2.68. The van der Waals surface area contributed by atoms with Crippen molar-refractivity contribution in [3.8, 4) is 0 Å². The molecule has 23 heavy (non-hydrogen) atoms. The fraction of sp³-hybridized carbons (Fsp3) is 0.0667. The molecule has 0 heterocycles. The van der Waals surface area contributed by atoms with Gasteiger partial charge in [-0.05, 0) is 30.3 Å². The molecule has 0 unspecified atom stereocenters. The average molecular weight is 326 g/mol. The highest BCUT2D eigenvalue weighted by atomic mass is 19.4. The molecule has 0 bridgehead atoms. The normalized spacial score (nSPS) is 11.1. The molecule has 1 amide bonds. The van der Waals surface area contributed by atoms with Crippen LogP contribution in [-0.2, 0) is 9.63 Å². The van der Waals surface area contributed by atoms with Crippen molar-refractivity contribution in [2.24, 2.45) is 0 Å². The van der Waals surface area contributed by atoms with Crippen LogP contribution in [0.25, 0.3) is 0 Å². The van der Waals surface area contributed by atoms with Crippen LogP contribution >= 0.6 is 0 Å². The van der Waals surface area contributed by atoms with Gasteiger partial charge in [-0.3, -0.25) is 9.59 Å². The van der Waals surface area contributed by atoms with E-state index in [0.29, 0.717) is 0 Å². The number of rotatable bonds is 4. The van der Waals surface area contributed by atoms with Crippen LogP contribution < -0.4 is 5.06 Å². The summed E-state index contributed by atoms with van der Waals surface area (Å²) in [6, 6.07) is 9.34.